The summed E-state index contributed by atoms with van der Waals surface area (Å²) in [6, 6.07) is 0.0970. The number of hydrogen-bond acceptors (Lipinski definition) is 7. The quantitative estimate of drug-likeness (QED) is 0.749. The van der Waals surface area contributed by atoms with E-state index in [2.05, 4.69) is 32.2 Å². The van der Waals surface area contributed by atoms with Crippen molar-refractivity contribution < 1.29 is 4.52 Å². The minimum Gasteiger partial charge on any atom is -0.338 e. The Morgan fingerprint density at radius 1 is 1.48 bits per heavy atom. The molecule has 21 heavy (non-hydrogen) atoms. The van der Waals surface area contributed by atoms with Crippen molar-refractivity contribution in [3.05, 3.63) is 23.9 Å². The number of rotatable bonds is 6. The van der Waals surface area contributed by atoms with E-state index in [4.69, 9.17) is 4.52 Å². The second-order valence-corrected chi connectivity index (χ2v) is 6.57. The molecule has 8 heteroatoms. The van der Waals surface area contributed by atoms with Gasteiger partial charge in [0.2, 0.25) is 5.89 Å². The normalized spacial score (nSPS) is 18.9. The molecule has 2 aromatic rings. The minimum absolute atomic E-state index is 0.0970. The number of hydrogen-bond donors (Lipinski definition) is 0. The van der Waals surface area contributed by atoms with Crippen LogP contribution in [-0.2, 0) is 19.5 Å². The Morgan fingerprint density at radius 2 is 2.38 bits per heavy atom. The van der Waals surface area contributed by atoms with Gasteiger partial charge in [-0.05, 0) is 25.0 Å². The molecule has 0 spiro atoms. The van der Waals surface area contributed by atoms with Crippen LogP contribution in [0.4, 0.5) is 0 Å². The molecule has 0 fully saturated rings. The van der Waals surface area contributed by atoms with Gasteiger partial charge in [-0.15, -0.1) is 10.2 Å². The van der Waals surface area contributed by atoms with Crippen LogP contribution in [0, 0.1) is 0 Å². The highest BCUT2D eigenvalue weighted by molar-refractivity contribution is 7.99. The van der Waals surface area contributed by atoms with Crippen molar-refractivity contribution in [2.24, 2.45) is 0 Å². The largest absolute Gasteiger partial charge is 0.338 e. The van der Waals surface area contributed by atoms with Gasteiger partial charge >= 0.3 is 0 Å². The van der Waals surface area contributed by atoms with E-state index in [0.29, 0.717) is 5.89 Å². The van der Waals surface area contributed by atoms with Crippen molar-refractivity contribution in [2.45, 2.75) is 38.9 Å². The molecule has 3 heterocycles. The molecule has 1 aliphatic rings. The van der Waals surface area contributed by atoms with Crippen LogP contribution in [0.1, 0.15) is 36.9 Å². The first-order valence-electron chi connectivity index (χ1n) is 7.25. The van der Waals surface area contributed by atoms with E-state index < -0.39 is 0 Å². The van der Waals surface area contributed by atoms with Crippen LogP contribution in [0.15, 0.2) is 10.9 Å². The Morgan fingerprint density at radius 3 is 3.24 bits per heavy atom. The number of aryl methyl sites for hydroxylation is 1. The maximum absolute atomic E-state index is 5.46. The van der Waals surface area contributed by atoms with Gasteiger partial charge in [-0.1, -0.05) is 12.1 Å². The molecule has 0 N–H and O–H groups in total. The summed E-state index contributed by atoms with van der Waals surface area (Å²) < 4.78 is 7.51. The molecule has 1 aliphatic heterocycles. The zero-order valence-electron chi connectivity index (χ0n) is 12.4. The molecule has 0 saturated heterocycles. The summed E-state index contributed by atoms with van der Waals surface area (Å²) in [6.45, 7) is 3.68. The lowest BCUT2D eigenvalue weighted by molar-refractivity contribution is 0.139. The number of nitrogens with zero attached hydrogens (tertiary/aromatic N) is 6. The van der Waals surface area contributed by atoms with Gasteiger partial charge in [-0.25, -0.2) is 0 Å². The van der Waals surface area contributed by atoms with Gasteiger partial charge in [0, 0.05) is 13.0 Å². The fraction of sp³-hybridized carbons (Fsp3) is 0.692. The topological polar surface area (TPSA) is 72.9 Å². The van der Waals surface area contributed by atoms with E-state index in [0.717, 1.165) is 49.1 Å². The Labute approximate surface area is 128 Å². The highest BCUT2D eigenvalue weighted by Crippen LogP contribution is 2.26. The van der Waals surface area contributed by atoms with Gasteiger partial charge in [0.25, 0.3) is 0 Å². The predicted octanol–water partition coefficient (Wildman–Crippen LogP) is 1.53. The lowest BCUT2D eigenvalue weighted by atomic mass is 10.2. The molecule has 114 valence electrons. The van der Waals surface area contributed by atoms with Crippen LogP contribution in [-0.4, -0.2) is 48.4 Å². The third kappa shape index (κ3) is 3.26. The minimum atomic E-state index is 0.0970. The van der Waals surface area contributed by atoms with Crippen molar-refractivity contribution in [1.29, 1.82) is 0 Å². The average molecular weight is 308 g/mol. The van der Waals surface area contributed by atoms with E-state index >= 15 is 0 Å². The van der Waals surface area contributed by atoms with E-state index in [-0.39, 0.29) is 6.04 Å². The predicted molar refractivity (Wildman–Crippen MR) is 79.8 cm³/mol. The summed E-state index contributed by atoms with van der Waals surface area (Å²) in [6.07, 6.45) is 3.73. The molecule has 0 bridgehead atoms. The van der Waals surface area contributed by atoms with Crippen molar-refractivity contribution in [1.82, 2.24) is 29.8 Å². The molecule has 0 amide bonds. The van der Waals surface area contributed by atoms with Crippen molar-refractivity contribution >= 4 is 11.8 Å². The lowest BCUT2D eigenvalue weighted by Crippen LogP contribution is -2.34. The summed E-state index contributed by atoms with van der Waals surface area (Å²) in [5.41, 5.74) is 0. The molecule has 1 atom stereocenters. The van der Waals surface area contributed by atoms with Crippen molar-refractivity contribution in [2.75, 3.05) is 18.6 Å². The standard InChI is InChI=1S/C13H20N6OS/c1-3-21-6-4-5-11-15-13(20-17-11)10-7-19-9-14-16-12(19)8-18(10)2/h9-10H,3-8H2,1-2H3. The molecule has 0 radical (unpaired) electrons. The second kappa shape index (κ2) is 6.57. The molecule has 2 aromatic heterocycles. The van der Waals surface area contributed by atoms with E-state index in [1.165, 1.54) is 0 Å². The summed E-state index contributed by atoms with van der Waals surface area (Å²) >= 11 is 1.94. The Balaban J connectivity index is 1.63. The second-order valence-electron chi connectivity index (χ2n) is 5.18. The van der Waals surface area contributed by atoms with Crippen molar-refractivity contribution in [3.8, 4) is 0 Å². The first-order chi connectivity index (χ1) is 10.3. The first kappa shape index (κ1) is 14.5. The van der Waals surface area contributed by atoms with Crippen LogP contribution in [0.5, 0.6) is 0 Å². The zero-order valence-corrected chi connectivity index (χ0v) is 13.2. The number of thioether (sulfide) groups is 1. The molecule has 0 aliphatic carbocycles. The van der Waals surface area contributed by atoms with Crippen LogP contribution < -0.4 is 0 Å². The third-order valence-electron chi connectivity index (χ3n) is 3.65. The summed E-state index contributed by atoms with van der Waals surface area (Å²) in [4.78, 5) is 6.73. The van der Waals surface area contributed by atoms with E-state index in [1.54, 1.807) is 6.33 Å². The van der Waals surface area contributed by atoms with Gasteiger partial charge in [0.05, 0.1) is 6.54 Å². The fourth-order valence-corrected chi connectivity index (χ4v) is 3.10. The maximum Gasteiger partial charge on any atom is 0.245 e. The summed E-state index contributed by atoms with van der Waals surface area (Å²) in [7, 11) is 2.05. The summed E-state index contributed by atoms with van der Waals surface area (Å²) in [5, 5.41) is 12.2. The average Bonchev–Trinajstić information content (AvgIpc) is 3.11. The number of aromatic nitrogens is 5. The van der Waals surface area contributed by atoms with E-state index in [1.807, 2.05) is 23.4 Å². The Bertz CT molecular complexity index is 583. The zero-order chi connectivity index (χ0) is 14.7. The van der Waals surface area contributed by atoms with Gasteiger partial charge in [-0.3, -0.25) is 4.90 Å². The van der Waals surface area contributed by atoms with Crippen LogP contribution in [0.2, 0.25) is 0 Å². The first-order valence-corrected chi connectivity index (χ1v) is 8.40. The highest BCUT2D eigenvalue weighted by atomic mass is 32.2. The van der Waals surface area contributed by atoms with Gasteiger partial charge in [0.15, 0.2) is 5.82 Å². The fourth-order valence-electron chi connectivity index (χ4n) is 2.46. The smallest absolute Gasteiger partial charge is 0.245 e. The van der Waals surface area contributed by atoms with E-state index in [9.17, 15) is 0 Å². The monoisotopic (exact) mass is 308 g/mol. The molecular formula is C13H20N6OS. The number of likely N-dealkylation sites (N-methyl/N-ethyl adjacent to an activating group) is 1. The third-order valence-corrected chi connectivity index (χ3v) is 4.64. The Hall–Kier alpha value is -1.41. The molecule has 7 nitrogen and oxygen atoms in total. The maximum atomic E-state index is 5.46. The molecular weight excluding hydrogens is 288 g/mol. The molecule has 1 unspecified atom stereocenters. The Kier molecular flexibility index (Phi) is 4.54. The highest BCUT2D eigenvalue weighted by Gasteiger charge is 2.29. The summed E-state index contributed by atoms with van der Waals surface area (Å²) in [5.74, 6) is 4.78. The number of fused-ring (bicyclic) bond motifs is 1. The lowest BCUT2D eigenvalue weighted by Gasteiger charge is -2.29. The van der Waals surface area contributed by atoms with Crippen molar-refractivity contribution in [3.63, 3.8) is 0 Å². The van der Waals surface area contributed by atoms with Gasteiger partial charge < -0.3 is 9.09 Å². The van der Waals surface area contributed by atoms with Gasteiger partial charge in [0.1, 0.15) is 18.2 Å². The van der Waals surface area contributed by atoms with Crippen LogP contribution in [0.3, 0.4) is 0 Å². The van der Waals surface area contributed by atoms with Crippen LogP contribution in [0.25, 0.3) is 0 Å². The SMILES string of the molecule is CCSCCCc1noc(C2Cn3cnnc3CN2C)n1. The molecule has 3 rings (SSSR count). The molecule has 0 saturated carbocycles. The van der Waals surface area contributed by atoms with Crippen LogP contribution >= 0.6 is 11.8 Å². The molecule has 0 aromatic carbocycles. The van der Waals surface area contributed by atoms with Gasteiger partial charge in [-0.2, -0.15) is 16.7 Å².